The zero-order valence-electron chi connectivity index (χ0n) is 10.3. The first-order valence-corrected chi connectivity index (χ1v) is 6.60. The standard InChI is InChI=1S/C12H13Cl2N3S/c1-12(2,3)17-10-11(18)16-9-5-7(14)6(13)4-8(9)15-10/h4-5H,1-3H3,(H,15,17)(H,16,18). The van der Waals surface area contributed by atoms with E-state index >= 15 is 0 Å². The van der Waals surface area contributed by atoms with Crippen LogP contribution in [-0.4, -0.2) is 15.5 Å². The molecule has 3 nitrogen and oxygen atoms in total. The van der Waals surface area contributed by atoms with Gasteiger partial charge in [0.15, 0.2) is 5.82 Å². The molecule has 18 heavy (non-hydrogen) atoms. The summed E-state index contributed by atoms with van der Waals surface area (Å²) in [4.78, 5) is 7.57. The van der Waals surface area contributed by atoms with Crippen LogP contribution in [0.15, 0.2) is 12.1 Å². The molecule has 0 unspecified atom stereocenters. The lowest BCUT2D eigenvalue weighted by Gasteiger charge is -2.21. The van der Waals surface area contributed by atoms with Crippen molar-refractivity contribution in [1.82, 2.24) is 9.97 Å². The van der Waals surface area contributed by atoms with Gasteiger partial charge in [0.25, 0.3) is 0 Å². The SMILES string of the molecule is CC(C)(C)Nc1nc2cc(Cl)c(Cl)cc2[nH]c1=S. The van der Waals surface area contributed by atoms with Crippen LogP contribution in [0.2, 0.25) is 10.0 Å². The molecule has 2 rings (SSSR count). The molecule has 0 aliphatic rings. The van der Waals surface area contributed by atoms with Gasteiger partial charge in [0.1, 0.15) is 4.64 Å². The van der Waals surface area contributed by atoms with Gasteiger partial charge in [-0.25, -0.2) is 4.98 Å². The number of H-pyrrole nitrogens is 1. The van der Waals surface area contributed by atoms with Gasteiger partial charge in [-0.1, -0.05) is 35.4 Å². The van der Waals surface area contributed by atoms with Gasteiger partial charge in [-0.05, 0) is 32.9 Å². The smallest absolute Gasteiger partial charge is 0.162 e. The number of hydrogen-bond acceptors (Lipinski definition) is 3. The van der Waals surface area contributed by atoms with Crippen molar-refractivity contribution in [2.75, 3.05) is 5.32 Å². The summed E-state index contributed by atoms with van der Waals surface area (Å²) in [6.45, 7) is 6.13. The summed E-state index contributed by atoms with van der Waals surface area (Å²) in [5, 5.41) is 4.21. The average Bonchev–Trinajstić information content (AvgIpc) is 2.20. The normalized spacial score (nSPS) is 11.8. The maximum Gasteiger partial charge on any atom is 0.162 e. The van der Waals surface area contributed by atoms with Gasteiger partial charge in [0.05, 0.1) is 21.1 Å². The second kappa shape index (κ2) is 4.68. The van der Waals surface area contributed by atoms with Crippen molar-refractivity contribution in [3.8, 4) is 0 Å². The highest BCUT2D eigenvalue weighted by atomic mass is 35.5. The molecular formula is C12H13Cl2N3S. The Morgan fingerprint density at radius 1 is 1.22 bits per heavy atom. The van der Waals surface area contributed by atoms with E-state index in [4.69, 9.17) is 35.4 Å². The lowest BCUT2D eigenvalue weighted by atomic mass is 10.1. The highest BCUT2D eigenvalue weighted by molar-refractivity contribution is 7.71. The number of aromatic amines is 1. The summed E-state index contributed by atoms with van der Waals surface area (Å²) in [6, 6.07) is 3.45. The Hall–Kier alpha value is -0.840. The highest BCUT2D eigenvalue weighted by Crippen LogP contribution is 2.27. The van der Waals surface area contributed by atoms with E-state index in [2.05, 4.69) is 15.3 Å². The van der Waals surface area contributed by atoms with Gasteiger partial charge in [-0.15, -0.1) is 0 Å². The Morgan fingerprint density at radius 2 is 1.83 bits per heavy atom. The third-order valence-corrected chi connectivity index (χ3v) is 3.25. The predicted molar refractivity (Wildman–Crippen MR) is 80.3 cm³/mol. The quantitative estimate of drug-likeness (QED) is 0.743. The predicted octanol–water partition coefficient (Wildman–Crippen LogP) is 4.81. The zero-order chi connectivity index (χ0) is 13.5. The van der Waals surface area contributed by atoms with Crippen LogP contribution in [0.1, 0.15) is 20.8 Å². The lowest BCUT2D eigenvalue weighted by molar-refractivity contribution is 0.630. The van der Waals surface area contributed by atoms with E-state index in [1.54, 1.807) is 12.1 Å². The molecule has 0 atom stereocenters. The van der Waals surface area contributed by atoms with Gasteiger partial charge in [0.2, 0.25) is 0 Å². The number of benzene rings is 1. The summed E-state index contributed by atoms with van der Waals surface area (Å²) in [5.74, 6) is 0.642. The molecule has 0 amide bonds. The summed E-state index contributed by atoms with van der Waals surface area (Å²) in [5.41, 5.74) is 1.39. The Kier molecular flexibility index (Phi) is 3.54. The first kappa shape index (κ1) is 13.6. The van der Waals surface area contributed by atoms with Crippen LogP contribution < -0.4 is 5.32 Å². The second-order valence-corrected chi connectivity index (χ2v) is 6.30. The number of nitrogens with zero attached hydrogens (tertiary/aromatic N) is 1. The van der Waals surface area contributed by atoms with Crippen molar-refractivity contribution in [3.05, 3.63) is 26.8 Å². The van der Waals surface area contributed by atoms with E-state index in [1.165, 1.54) is 0 Å². The topological polar surface area (TPSA) is 40.7 Å². The zero-order valence-corrected chi connectivity index (χ0v) is 12.6. The molecule has 2 aromatic rings. The monoisotopic (exact) mass is 301 g/mol. The van der Waals surface area contributed by atoms with Crippen molar-refractivity contribution in [3.63, 3.8) is 0 Å². The molecule has 0 aliphatic heterocycles. The molecule has 1 aromatic carbocycles. The number of anilines is 1. The van der Waals surface area contributed by atoms with Gasteiger partial charge in [-0.3, -0.25) is 0 Å². The minimum Gasteiger partial charge on any atom is -0.363 e. The van der Waals surface area contributed by atoms with E-state index < -0.39 is 0 Å². The molecule has 0 fully saturated rings. The van der Waals surface area contributed by atoms with Crippen LogP contribution >= 0.6 is 35.4 Å². The highest BCUT2D eigenvalue weighted by Gasteiger charge is 2.12. The van der Waals surface area contributed by atoms with Crippen LogP contribution in [0.4, 0.5) is 5.82 Å². The van der Waals surface area contributed by atoms with Gasteiger partial charge in [-0.2, -0.15) is 0 Å². The minimum absolute atomic E-state index is 0.113. The first-order valence-electron chi connectivity index (χ1n) is 5.43. The second-order valence-electron chi connectivity index (χ2n) is 5.07. The molecule has 1 aromatic heterocycles. The molecule has 0 saturated heterocycles. The lowest BCUT2D eigenvalue weighted by Crippen LogP contribution is -2.27. The minimum atomic E-state index is -0.113. The molecule has 0 aliphatic carbocycles. The van der Waals surface area contributed by atoms with Crippen molar-refractivity contribution in [2.45, 2.75) is 26.3 Å². The van der Waals surface area contributed by atoms with E-state index in [-0.39, 0.29) is 5.54 Å². The number of halogens is 2. The summed E-state index contributed by atoms with van der Waals surface area (Å²) < 4.78 is 0.552. The first-order chi connectivity index (χ1) is 8.26. The summed E-state index contributed by atoms with van der Waals surface area (Å²) in [7, 11) is 0. The van der Waals surface area contributed by atoms with Crippen molar-refractivity contribution in [2.24, 2.45) is 0 Å². The molecule has 0 spiro atoms. The maximum absolute atomic E-state index is 5.98. The summed E-state index contributed by atoms with van der Waals surface area (Å²) >= 11 is 17.2. The average molecular weight is 302 g/mol. The molecule has 2 N–H and O–H groups in total. The van der Waals surface area contributed by atoms with Gasteiger partial charge >= 0.3 is 0 Å². The fraction of sp³-hybridized carbons (Fsp3) is 0.333. The third-order valence-electron chi connectivity index (χ3n) is 2.23. The third kappa shape index (κ3) is 2.94. The number of hydrogen-bond donors (Lipinski definition) is 2. The Labute approximate surface area is 121 Å². The Morgan fingerprint density at radius 3 is 2.44 bits per heavy atom. The fourth-order valence-corrected chi connectivity index (χ4v) is 2.05. The molecule has 0 saturated carbocycles. The number of aromatic nitrogens is 2. The summed E-state index contributed by atoms with van der Waals surface area (Å²) in [6.07, 6.45) is 0. The van der Waals surface area contributed by atoms with Crippen LogP contribution in [0.5, 0.6) is 0 Å². The van der Waals surface area contributed by atoms with Crippen LogP contribution in [0, 0.1) is 4.64 Å². The van der Waals surface area contributed by atoms with Crippen molar-refractivity contribution >= 4 is 52.3 Å². The molecule has 6 heteroatoms. The number of fused-ring (bicyclic) bond motifs is 1. The van der Waals surface area contributed by atoms with Gasteiger partial charge < -0.3 is 10.3 Å². The van der Waals surface area contributed by atoms with Crippen molar-refractivity contribution in [1.29, 1.82) is 0 Å². The molecule has 0 radical (unpaired) electrons. The largest absolute Gasteiger partial charge is 0.363 e. The number of nitrogens with one attached hydrogen (secondary N) is 2. The van der Waals surface area contributed by atoms with Crippen LogP contribution in [-0.2, 0) is 0 Å². The molecule has 96 valence electrons. The van der Waals surface area contributed by atoms with E-state index in [9.17, 15) is 0 Å². The molecular weight excluding hydrogens is 289 g/mol. The van der Waals surface area contributed by atoms with Crippen molar-refractivity contribution < 1.29 is 0 Å². The van der Waals surface area contributed by atoms with Crippen LogP contribution in [0.3, 0.4) is 0 Å². The van der Waals surface area contributed by atoms with Gasteiger partial charge in [0, 0.05) is 5.54 Å². The van der Waals surface area contributed by atoms with E-state index in [0.29, 0.717) is 20.5 Å². The number of rotatable bonds is 1. The van der Waals surface area contributed by atoms with E-state index in [0.717, 1.165) is 11.0 Å². The molecule has 0 bridgehead atoms. The van der Waals surface area contributed by atoms with E-state index in [1.807, 2.05) is 20.8 Å². The Bertz CT molecular complexity index is 659. The Balaban J connectivity index is 2.61. The maximum atomic E-state index is 5.98. The molecule has 1 heterocycles. The van der Waals surface area contributed by atoms with Crippen LogP contribution in [0.25, 0.3) is 11.0 Å². The fourth-order valence-electron chi connectivity index (χ4n) is 1.52.